The Morgan fingerprint density at radius 1 is 1.31 bits per heavy atom. The molecule has 16 heavy (non-hydrogen) atoms. The van der Waals surface area contributed by atoms with Crippen molar-refractivity contribution in [3.05, 3.63) is 28.8 Å². The average Bonchev–Trinajstić information content (AvgIpc) is 2.27. The molecule has 0 radical (unpaired) electrons. The van der Waals surface area contributed by atoms with Crippen molar-refractivity contribution in [3.8, 4) is 5.75 Å². The van der Waals surface area contributed by atoms with E-state index in [9.17, 15) is 4.79 Å². The topological polar surface area (TPSA) is 61.5 Å². The molecule has 0 unspecified atom stereocenters. The maximum Gasteiger partial charge on any atom is 0.343 e. The first-order chi connectivity index (χ1) is 7.58. The van der Waals surface area contributed by atoms with Crippen LogP contribution in [0.25, 0.3) is 0 Å². The number of ether oxygens (including phenoxy) is 2. The molecule has 0 amide bonds. The summed E-state index contributed by atoms with van der Waals surface area (Å²) in [5, 5.41) is 0. The molecule has 1 aromatic carbocycles. The first-order valence-electron chi connectivity index (χ1n) is 5.08. The van der Waals surface area contributed by atoms with Crippen LogP contribution < -0.4 is 10.5 Å². The zero-order chi connectivity index (χ0) is 12.1. The number of rotatable bonds is 4. The van der Waals surface area contributed by atoms with Gasteiger partial charge in [-0.05, 0) is 30.5 Å². The van der Waals surface area contributed by atoms with E-state index in [0.29, 0.717) is 6.54 Å². The molecule has 0 saturated carbocycles. The van der Waals surface area contributed by atoms with Gasteiger partial charge in [0.25, 0.3) is 0 Å². The number of nitrogens with two attached hydrogens (primary N) is 1. The van der Waals surface area contributed by atoms with Crippen LogP contribution in [0.2, 0.25) is 0 Å². The Balaban J connectivity index is 2.84. The third-order valence-electron chi connectivity index (χ3n) is 2.32. The molecule has 0 heterocycles. The predicted octanol–water partition coefficient (Wildman–Crippen LogP) is 1.31. The van der Waals surface area contributed by atoms with Crippen LogP contribution in [0, 0.1) is 13.8 Å². The van der Waals surface area contributed by atoms with Crippen molar-refractivity contribution in [1.29, 1.82) is 0 Å². The zero-order valence-corrected chi connectivity index (χ0v) is 9.87. The highest BCUT2D eigenvalue weighted by atomic mass is 16.6. The van der Waals surface area contributed by atoms with Gasteiger partial charge in [0.15, 0.2) is 6.61 Å². The van der Waals surface area contributed by atoms with Gasteiger partial charge in [0.1, 0.15) is 5.75 Å². The molecular weight excluding hydrogens is 206 g/mol. The Bertz CT molecular complexity index is 365. The van der Waals surface area contributed by atoms with Crippen molar-refractivity contribution < 1.29 is 14.3 Å². The molecule has 0 atom stereocenters. The summed E-state index contributed by atoms with van der Waals surface area (Å²) in [7, 11) is 1.34. The molecule has 0 fully saturated rings. The third kappa shape index (κ3) is 2.97. The van der Waals surface area contributed by atoms with Crippen molar-refractivity contribution >= 4 is 5.97 Å². The number of methoxy groups -OCH3 is 1. The summed E-state index contributed by atoms with van der Waals surface area (Å²) in [5.74, 6) is 0.337. The minimum atomic E-state index is -0.387. The van der Waals surface area contributed by atoms with Gasteiger partial charge in [-0.15, -0.1) is 0 Å². The second-order valence-corrected chi connectivity index (χ2v) is 3.63. The highest BCUT2D eigenvalue weighted by molar-refractivity contribution is 5.71. The first kappa shape index (κ1) is 12.5. The van der Waals surface area contributed by atoms with E-state index in [-0.39, 0.29) is 12.6 Å². The van der Waals surface area contributed by atoms with Crippen molar-refractivity contribution in [2.75, 3.05) is 13.7 Å². The molecule has 0 aliphatic rings. The van der Waals surface area contributed by atoms with E-state index in [1.165, 1.54) is 7.11 Å². The summed E-state index contributed by atoms with van der Waals surface area (Å²) in [6, 6.07) is 3.92. The lowest BCUT2D eigenvalue weighted by atomic mass is 10.1. The van der Waals surface area contributed by atoms with Gasteiger partial charge in [0.2, 0.25) is 0 Å². The molecule has 88 valence electrons. The van der Waals surface area contributed by atoms with Crippen molar-refractivity contribution in [2.45, 2.75) is 20.4 Å². The second kappa shape index (κ2) is 5.51. The van der Waals surface area contributed by atoms with Crippen molar-refractivity contribution in [1.82, 2.24) is 0 Å². The lowest BCUT2D eigenvalue weighted by Gasteiger charge is -2.12. The van der Waals surface area contributed by atoms with Crippen LogP contribution in [0.3, 0.4) is 0 Å². The molecule has 1 aromatic rings. The first-order valence-corrected chi connectivity index (χ1v) is 5.08. The number of aryl methyl sites for hydroxylation is 2. The minimum absolute atomic E-state index is 0.0693. The van der Waals surface area contributed by atoms with E-state index in [0.717, 1.165) is 22.4 Å². The smallest absolute Gasteiger partial charge is 0.343 e. The molecular formula is C12H17NO3. The van der Waals surface area contributed by atoms with Crippen LogP contribution in [0.15, 0.2) is 12.1 Å². The second-order valence-electron chi connectivity index (χ2n) is 3.63. The molecule has 0 aliphatic carbocycles. The lowest BCUT2D eigenvalue weighted by molar-refractivity contribution is -0.142. The van der Waals surface area contributed by atoms with Gasteiger partial charge in [-0.25, -0.2) is 4.79 Å². The quantitative estimate of drug-likeness (QED) is 0.782. The fourth-order valence-electron chi connectivity index (χ4n) is 1.58. The molecule has 4 nitrogen and oxygen atoms in total. The Morgan fingerprint density at radius 2 is 1.88 bits per heavy atom. The summed E-state index contributed by atoms with van der Waals surface area (Å²) in [5.41, 5.74) is 8.57. The van der Waals surface area contributed by atoms with Crippen LogP contribution in [0.5, 0.6) is 5.75 Å². The van der Waals surface area contributed by atoms with Gasteiger partial charge in [0, 0.05) is 6.54 Å². The zero-order valence-electron chi connectivity index (χ0n) is 9.87. The Morgan fingerprint density at radius 3 is 2.31 bits per heavy atom. The molecule has 0 bridgehead atoms. The summed E-state index contributed by atoms with van der Waals surface area (Å²) < 4.78 is 9.92. The van der Waals surface area contributed by atoms with Crippen LogP contribution in [0.4, 0.5) is 0 Å². The standard InChI is InChI=1S/C12H17NO3/c1-8-4-10(6-13)5-9(2)12(8)16-7-11(14)15-3/h4-5H,6-7,13H2,1-3H3. The molecule has 4 heteroatoms. The van der Waals surface area contributed by atoms with E-state index in [4.69, 9.17) is 10.5 Å². The highest BCUT2D eigenvalue weighted by Crippen LogP contribution is 2.24. The minimum Gasteiger partial charge on any atom is -0.481 e. The van der Waals surface area contributed by atoms with E-state index < -0.39 is 0 Å². The molecule has 0 aromatic heterocycles. The van der Waals surface area contributed by atoms with Crippen LogP contribution >= 0.6 is 0 Å². The summed E-state index contributed by atoms with van der Waals surface area (Å²) in [6.07, 6.45) is 0. The SMILES string of the molecule is COC(=O)COc1c(C)cc(CN)cc1C. The van der Waals surface area contributed by atoms with Crippen LogP contribution in [0.1, 0.15) is 16.7 Å². The van der Waals surface area contributed by atoms with Gasteiger partial charge in [-0.3, -0.25) is 0 Å². The predicted molar refractivity (Wildman–Crippen MR) is 61.3 cm³/mol. The summed E-state index contributed by atoms with van der Waals surface area (Å²) >= 11 is 0. The van der Waals surface area contributed by atoms with Crippen LogP contribution in [-0.4, -0.2) is 19.7 Å². The van der Waals surface area contributed by atoms with Gasteiger partial charge in [-0.2, -0.15) is 0 Å². The Hall–Kier alpha value is -1.55. The van der Waals surface area contributed by atoms with Crippen LogP contribution in [-0.2, 0) is 16.1 Å². The fourth-order valence-corrected chi connectivity index (χ4v) is 1.58. The number of esters is 1. The van der Waals surface area contributed by atoms with E-state index >= 15 is 0 Å². The highest BCUT2D eigenvalue weighted by Gasteiger charge is 2.08. The van der Waals surface area contributed by atoms with Gasteiger partial charge >= 0.3 is 5.97 Å². The Labute approximate surface area is 95.3 Å². The number of benzene rings is 1. The maximum atomic E-state index is 11.0. The number of hydrogen-bond acceptors (Lipinski definition) is 4. The summed E-state index contributed by atoms with van der Waals surface area (Å²) in [4.78, 5) is 11.0. The van der Waals surface area contributed by atoms with Gasteiger partial charge < -0.3 is 15.2 Å². The van der Waals surface area contributed by atoms with Gasteiger partial charge in [0.05, 0.1) is 7.11 Å². The lowest BCUT2D eigenvalue weighted by Crippen LogP contribution is -2.14. The molecule has 0 aliphatic heterocycles. The van der Waals surface area contributed by atoms with E-state index in [1.54, 1.807) is 0 Å². The van der Waals surface area contributed by atoms with Gasteiger partial charge in [-0.1, -0.05) is 12.1 Å². The average molecular weight is 223 g/mol. The van der Waals surface area contributed by atoms with E-state index in [2.05, 4.69) is 4.74 Å². The largest absolute Gasteiger partial charge is 0.481 e. The number of carbonyl (C=O) groups is 1. The Kier molecular flexibility index (Phi) is 4.31. The van der Waals surface area contributed by atoms with E-state index in [1.807, 2.05) is 26.0 Å². The number of carbonyl (C=O) groups excluding carboxylic acids is 1. The molecule has 1 rings (SSSR count). The maximum absolute atomic E-state index is 11.0. The summed E-state index contributed by atoms with van der Waals surface area (Å²) in [6.45, 7) is 4.29. The fraction of sp³-hybridized carbons (Fsp3) is 0.417. The van der Waals surface area contributed by atoms with Crippen molar-refractivity contribution in [3.63, 3.8) is 0 Å². The normalized spacial score (nSPS) is 10.0. The molecule has 0 saturated heterocycles. The molecule has 2 N–H and O–H groups in total. The third-order valence-corrected chi connectivity index (χ3v) is 2.32. The monoisotopic (exact) mass is 223 g/mol. The van der Waals surface area contributed by atoms with Crippen molar-refractivity contribution in [2.24, 2.45) is 5.73 Å². The molecule has 0 spiro atoms. The number of hydrogen-bond donors (Lipinski definition) is 1.